The molecule has 0 saturated heterocycles. The Hall–Kier alpha value is -2.55. The van der Waals surface area contributed by atoms with Crippen LogP contribution in [0.5, 0.6) is 0 Å². The zero-order valence-corrected chi connectivity index (χ0v) is 18.2. The fourth-order valence-corrected chi connectivity index (χ4v) is 4.38. The van der Waals surface area contributed by atoms with E-state index in [4.69, 9.17) is 0 Å². The van der Waals surface area contributed by atoms with E-state index in [1.54, 1.807) is 0 Å². The molecule has 8 nitrogen and oxygen atoms in total. The minimum Gasteiger partial charge on any atom is -0.465 e. The first kappa shape index (κ1) is 26.7. The van der Waals surface area contributed by atoms with Crippen LogP contribution in [0.3, 0.4) is 0 Å². The van der Waals surface area contributed by atoms with Crippen LogP contribution in [0.4, 0.5) is 36.1 Å². The van der Waals surface area contributed by atoms with Crippen molar-refractivity contribution in [3.63, 3.8) is 0 Å². The van der Waals surface area contributed by atoms with Gasteiger partial charge >= 0.3 is 36.0 Å². The highest BCUT2D eigenvalue weighted by atomic mass is 32.1. The molecule has 0 bridgehead atoms. The van der Waals surface area contributed by atoms with Crippen LogP contribution in [0, 0.1) is 0 Å². The van der Waals surface area contributed by atoms with E-state index < -0.39 is 49.3 Å². The number of ether oxygens (including phenoxy) is 3. The van der Waals surface area contributed by atoms with Gasteiger partial charge in [0, 0.05) is 4.88 Å². The molecule has 0 fully saturated rings. The molecule has 1 aromatic heterocycles. The van der Waals surface area contributed by atoms with Crippen molar-refractivity contribution in [2.75, 3.05) is 25.6 Å². The largest absolute Gasteiger partial charge is 0.465 e. The fraction of sp³-hybridized carbons (Fsp3) is 0.611. The summed E-state index contributed by atoms with van der Waals surface area (Å²) in [6.07, 6.45) is -8.57. The number of fused-ring (bicyclic) bond motifs is 1. The summed E-state index contributed by atoms with van der Waals surface area (Å²) in [4.78, 5) is 37.4. The van der Waals surface area contributed by atoms with Crippen LogP contribution < -0.4 is 10.6 Å². The summed E-state index contributed by atoms with van der Waals surface area (Å²) < 4.78 is 91.9. The number of aryl methyl sites for hydroxylation is 1. The average molecular weight is 506 g/mol. The number of halogens is 6. The first-order valence-corrected chi connectivity index (χ1v) is 10.3. The lowest BCUT2D eigenvalue weighted by molar-refractivity contribution is -0.305. The summed E-state index contributed by atoms with van der Waals surface area (Å²) in [7, 11) is 1.07. The zero-order valence-electron chi connectivity index (χ0n) is 17.4. The monoisotopic (exact) mass is 506 g/mol. The van der Waals surface area contributed by atoms with Crippen molar-refractivity contribution in [1.29, 1.82) is 0 Å². The summed E-state index contributed by atoms with van der Waals surface area (Å²) >= 11 is 0.913. The molecule has 1 aromatic rings. The number of rotatable bonds is 7. The lowest BCUT2D eigenvalue weighted by Crippen LogP contribution is -2.67. The highest BCUT2D eigenvalue weighted by molar-refractivity contribution is 7.17. The Bertz CT molecular complexity index is 900. The number of esters is 2. The van der Waals surface area contributed by atoms with Gasteiger partial charge in [-0.15, -0.1) is 11.3 Å². The van der Waals surface area contributed by atoms with Gasteiger partial charge in [-0.1, -0.05) is 0 Å². The van der Waals surface area contributed by atoms with Gasteiger partial charge in [0.25, 0.3) is 0 Å². The molecule has 0 aromatic carbocycles. The molecular weight excluding hydrogens is 486 g/mol. The molecule has 2 rings (SSSR count). The second-order valence-electron chi connectivity index (χ2n) is 6.79. The normalized spacial score (nSPS) is 15.8. The van der Waals surface area contributed by atoms with Gasteiger partial charge in [-0.05, 0) is 38.2 Å². The molecule has 0 radical (unpaired) electrons. The van der Waals surface area contributed by atoms with Crippen LogP contribution in [0.2, 0.25) is 0 Å². The van der Waals surface area contributed by atoms with Crippen LogP contribution in [0.15, 0.2) is 0 Å². The zero-order chi connectivity index (χ0) is 25.0. The van der Waals surface area contributed by atoms with Gasteiger partial charge < -0.3 is 14.2 Å². The Morgan fingerprint density at radius 2 is 1.70 bits per heavy atom. The second kappa shape index (κ2) is 10.2. The molecule has 2 N–H and O–H groups in total. The van der Waals surface area contributed by atoms with Gasteiger partial charge in [0.05, 0.1) is 19.3 Å². The van der Waals surface area contributed by atoms with E-state index in [1.165, 1.54) is 0 Å². The molecule has 0 unspecified atom stereocenters. The Labute approximate surface area is 187 Å². The summed E-state index contributed by atoms with van der Waals surface area (Å²) in [6, 6.07) is -1.74. The SMILES string of the molecule is CCOC(=O)[C@](NC(=O)Nc1sc2c(c1C(=O)OC)CCCC2)(OCC(F)(F)F)C(F)(F)F. The molecule has 1 atom stereocenters. The van der Waals surface area contributed by atoms with Crippen molar-refractivity contribution in [2.45, 2.75) is 50.7 Å². The predicted molar refractivity (Wildman–Crippen MR) is 102 cm³/mol. The van der Waals surface area contributed by atoms with Gasteiger partial charge in [-0.3, -0.25) is 10.6 Å². The number of thiophene rings is 1. The smallest absolute Gasteiger partial charge is 0.448 e. The first-order valence-electron chi connectivity index (χ1n) is 9.52. The minimum absolute atomic E-state index is 0.0719. The molecule has 1 aliphatic rings. The quantitative estimate of drug-likeness (QED) is 0.330. The van der Waals surface area contributed by atoms with E-state index >= 15 is 0 Å². The third-order valence-electron chi connectivity index (χ3n) is 4.49. The van der Waals surface area contributed by atoms with Crippen LogP contribution in [0.1, 0.15) is 40.6 Å². The van der Waals surface area contributed by atoms with Crippen molar-refractivity contribution in [3.8, 4) is 0 Å². The number of amides is 2. The topological polar surface area (TPSA) is 103 Å². The molecule has 1 aliphatic carbocycles. The van der Waals surface area contributed by atoms with Gasteiger partial charge in [0.2, 0.25) is 0 Å². The number of carbonyl (C=O) groups excluding carboxylic acids is 3. The number of carbonyl (C=O) groups is 3. The highest BCUT2D eigenvalue weighted by Gasteiger charge is 2.66. The fourth-order valence-electron chi connectivity index (χ4n) is 3.10. The van der Waals surface area contributed by atoms with Crippen LogP contribution in [-0.4, -0.2) is 56.4 Å². The van der Waals surface area contributed by atoms with E-state index in [0.717, 1.165) is 43.5 Å². The molecule has 186 valence electrons. The first-order chi connectivity index (χ1) is 15.3. The van der Waals surface area contributed by atoms with Gasteiger partial charge in [-0.25, -0.2) is 14.4 Å². The van der Waals surface area contributed by atoms with Crippen LogP contribution in [0.25, 0.3) is 0 Å². The van der Waals surface area contributed by atoms with Crippen LogP contribution in [-0.2, 0) is 31.8 Å². The van der Waals surface area contributed by atoms with Crippen molar-refractivity contribution in [2.24, 2.45) is 0 Å². The molecule has 0 spiro atoms. The summed E-state index contributed by atoms with van der Waals surface area (Å²) in [5.74, 6) is -3.15. The maximum atomic E-state index is 13.8. The Morgan fingerprint density at radius 1 is 1.06 bits per heavy atom. The Kier molecular flexibility index (Phi) is 8.22. The van der Waals surface area contributed by atoms with E-state index in [0.29, 0.717) is 23.3 Å². The lowest BCUT2D eigenvalue weighted by Gasteiger charge is -2.33. The Balaban J connectivity index is 2.41. The number of hydrogen-bond donors (Lipinski definition) is 2. The van der Waals surface area contributed by atoms with E-state index in [2.05, 4.69) is 14.2 Å². The molecule has 33 heavy (non-hydrogen) atoms. The summed E-state index contributed by atoms with van der Waals surface area (Å²) in [5, 5.41) is 2.95. The predicted octanol–water partition coefficient (Wildman–Crippen LogP) is 3.94. The van der Waals surface area contributed by atoms with Crippen molar-refractivity contribution in [3.05, 3.63) is 16.0 Å². The van der Waals surface area contributed by atoms with Gasteiger partial charge in [-0.2, -0.15) is 26.3 Å². The summed E-state index contributed by atoms with van der Waals surface area (Å²) in [6.45, 7) is -2.03. The Morgan fingerprint density at radius 3 is 2.24 bits per heavy atom. The number of hydrogen-bond acceptors (Lipinski definition) is 7. The lowest BCUT2D eigenvalue weighted by atomic mass is 9.95. The van der Waals surface area contributed by atoms with E-state index in [1.807, 2.05) is 5.32 Å². The number of nitrogens with one attached hydrogen (secondary N) is 2. The molecule has 2 amide bonds. The van der Waals surface area contributed by atoms with Crippen LogP contribution >= 0.6 is 11.3 Å². The van der Waals surface area contributed by atoms with E-state index in [-0.39, 0.29) is 10.6 Å². The molecule has 0 aliphatic heterocycles. The molecular formula is C18H20F6N2O6S. The maximum absolute atomic E-state index is 13.8. The third kappa shape index (κ3) is 6.07. The molecule has 1 heterocycles. The number of anilines is 1. The number of alkyl halides is 6. The van der Waals surface area contributed by atoms with Crippen molar-refractivity contribution < 1.29 is 54.9 Å². The maximum Gasteiger partial charge on any atom is 0.448 e. The van der Waals surface area contributed by atoms with E-state index in [9.17, 15) is 40.7 Å². The average Bonchev–Trinajstić information content (AvgIpc) is 3.06. The van der Waals surface area contributed by atoms with Gasteiger partial charge in [0.1, 0.15) is 11.6 Å². The third-order valence-corrected chi connectivity index (χ3v) is 5.70. The molecule has 0 saturated carbocycles. The number of methoxy groups -OCH3 is 1. The second-order valence-corrected chi connectivity index (χ2v) is 7.89. The molecule has 15 heteroatoms. The standard InChI is InChI=1S/C18H20F6N2O6S/c1-3-31-14(28)17(18(22,23)24,32-8-16(19,20)21)26-15(29)25-12-11(13(27)30-2)9-6-4-5-7-10(9)33-12/h3-8H2,1-2H3,(H2,25,26,29)/t17-/m0/s1. The minimum atomic E-state index is -5.83. The van der Waals surface area contributed by atoms with Crippen molar-refractivity contribution >= 4 is 34.3 Å². The summed E-state index contributed by atoms with van der Waals surface area (Å²) in [5.41, 5.74) is -3.96. The van der Waals surface area contributed by atoms with Crippen molar-refractivity contribution in [1.82, 2.24) is 5.32 Å². The highest BCUT2D eigenvalue weighted by Crippen LogP contribution is 2.39. The number of urea groups is 1. The van der Waals surface area contributed by atoms with Gasteiger partial charge in [0.15, 0.2) is 0 Å².